The van der Waals surface area contributed by atoms with E-state index in [9.17, 15) is 13.2 Å². The number of carbonyl (C=O) groups is 1. The lowest BCUT2D eigenvalue weighted by molar-refractivity contribution is 0.102. The molecular formula is C22H23N5O4S. The molecule has 0 saturated heterocycles. The molecule has 3 N–H and O–H groups in total. The summed E-state index contributed by atoms with van der Waals surface area (Å²) in [7, 11) is -3.57. The van der Waals surface area contributed by atoms with E-state index in [4.69, 9.17) is 10.5 Å². The SMILES string of the molecule is CC1(C)C(N)=NC2(CCOc3ccc(NC(=O)c4cc5ccccn5n4)cc32)CS1(=O)=O. The number of sulfone groups is 1. The second-order valence-corrected chi connectivity index (χ2v) is 11.2. The molecule has 2 aliphatic heterocycles. The number of amides is 1. The zero-order chi connectivity index (χ0) is 22.7. The van der Waals surface area contributed by atoms with Gasteiger partial charge < -0.3 is 15.8 Å². The van der Waals surface area contributed by atoms with Gasteiger partial charge in [0.05, 0.1) is 17.9 Å². The maximum atomic E-state index is 13.0. The minimum absolute atomic E-state index is 0.0794. The Balaban J connectivity index is 1.52. The summed E-state index contributed by atoms with van der Waals surface area (Å²) in [5.74, 6) is 0.0671. The molecule has 3 aromatic rings. The van der Waals surface area contributed by atoms with Crippen LogP contribution < -0.4 is 15.8 Å². The van der Waals surface area contributed by atoms with Gasteiger partial charge in [0, 0.05) is 23.9 Å². The number of nitrogens with two attached hydrogens (primary N) is 1. The second kappa shape index (κ2) is 6.80. The molecule has 2 aliphatic rings. The highest BCUT2D eigenvalue weighted by Gasteiger charge is 2.52. The van der Waals surface area contributed by atoms with Crippen LogP contribution in [0.5, 0.6) is 5.75 Å². The van der Waals surface area contributed by atoms with Crippen molar-refractivity contribution < 1.29 is 17.9 Å². The van der Waals surface area contributed by atoms with Crippen LogP contribution in [-0.4, -0.2) is 46.9 Å². The lowest BCUT2D eigenvalue weighted by Gasteiger charge is -2.42. The fraction of sp³-hybridized carbons (Fsp3) is 0.318. The number of aromatic nitrogens is 2. The first-order valence-corrected chi connectivity index (χ1v) is 11.9. The van der Waals surface area contributed by atoms with E-state index in [1.807, 2.05) is 18.2 Å². The van der Waals surface area contributed by atoms with Crippen molar-refractivity contribution in [1.29, 1.82) is 0 Å². The average molecular weight is 454 g/mol. The molecule has 1 unspecified atom stereocenters. The molecule has 0 radical (unpaired) electrons. The van der Waals surface area contributed by atoms with Crippen molar-refractivity contribution in [2.45, 2.75) is 30.6 Å². The Morgan fingerprint density at radius 1 is 1.22 bits per heavy atom. The Kier molecular flexibility index (Phi) is 4.35. The molecule has 32 heavy (non-hydrogen) atoms. The Morgan fingerprint density at radius 3 is 2.78 bits per heavy atom. The van der Waals surface area contributed by atoms with Gasteiger partial charge in [0.1, 0.15) is 21.9 Å². The third kappa shape index (κ3) is 3.05. The van der Waals surface area contributed by atoms with Crippen molar-refractivity contribution in [1.82, 2.24) is 9.61 Å². The number of hydrogen-bond donors (Lipinski definition) is 2. The molecule has 0 bridgehead atoms. The Bertz CT molecular complexity index is 1360. The Hall–Kier alpha value is -3.40. The van der Waals surface area contributed by atoms with Crippen LogP contribution >= 0.6 is 0 Å². The normalized spacial score (nSPS) is 23.2. The molecule has 5 rings (SSSR count). The molecule has 0 saturated carbocycles. The van der Waals surface area contributed by atoms with Gasteiger partial charge in [0.15, 0.2) is 15.5 Å². The lowest BCUT2D eigenvalue weighted by atomic mass is 9.85. The maximum Gasteiger partial charge on any atom is 0.276 e. The molecule has 0 fully saturated rings. The zero-order valence-corrected chi connectivity index (χ0v) is 18.5. The first kappa shape index (κ1) is 20.5. The molecule has 1 aromatic carbocycles. The van der Waals surface area contributed by atoms with Crippen LogP contribution in [-0.2, 0) is 15.4 Å². The molecule has 1 atom stereocenters. The van der Waals surface area contributed by atoms with Gasteiger partial charge in [-0.2, -0.15) is 5.10 Å². The largest absolute Gasteiger partial charge is 0.493 e. The zero-order valence-electron chi connectivity index (χ0n) is 17.7. The maximum absolute atomic E-state index is 13.0. The summed E-state index contributed by atoms with van der Waals surface area (Å²) in [5, 5.41) is 7.13. The number of ether oxygens (including phenoxy) is 1. The van der Waals surface area contributed by atoms with E-state index in [0.717, 1.165) is 5.52 Å². The van der Waals surface area contributed by atoms with Gasteiger partial charge in [-0.25, -0.2) is 12.9 Å². The van der Waals surface area contributed by atoms with E-state index in [2.05, 4.69) is 15.4 Å². The molecule has 2 aromatic heterocycles. The van der Waals surface area contributed by atoms with Gasteiger partial charge in [-0.1, -0.05) is 6.07 Å². The van der Waals surface area contributed by atoms with Crippen molar-refractivity contribution in [3.05, 3.63) is 59.9 Å². The fourth-order valence-electron chi connectivity index (χ4n) is 4.12. The number of aliphatic imine (C=N–C) groups is 1. The average Bonchev–Trinajstić information content (AvgIpc) is 3.17. The van der Waals surface area contributed by atoms with Crippen LogP contribution in [0.15, 0.2) is 53.7 Å². The highest BCUT2D eigenvalue weighted by molar-refractivity contribution is 7.93. The molecule has 4 heterocycles. The molecule has 10 heteroatoms. The molecule has 1 spiro atoms. The third-order valence-electron chi connectivity index (χ3n) is 6.27. The second-order valence-electron chi connectivity index (χ2n) is 8.66. The number of fused-ring (bicyclic) bond motifs is 3. The number of carbonyl (C=O) groups excluding carboxylic acids is 1. The van der Waals surface area contributed by atoms with E-state index in [-0.39, 0.29) is 23.2 Å². The Morgan fingerprint density at radius 2 is 2.03 bits per heavy atom. The number of anilines is 1. The van der Waals surface area contributed by atoms with E-state index in [0.29, 0.717) is 30.0 Å². The van der Waals surface area contributed by atoms with Crippen molar-refractivity contribution >= 4 is 32.8 Å². The first-order valence-electron chi connectivity index (χ1n) is 10.2. The summed E-state index contributed by atoms with van der Waals surface area (Å²) in [6.45, 7) is 3.46. The monoisotopic (exact) mass is 453 g/mol. The van der Waals surface area contributed by atoms with Crippen LogP contribution in [0.2, 0.25) is 0 Å². The summed E-state index contributed by atoms with van der Waals surface area (Å²) in [5.41, 5.74) is 7.24. The van der Waals surface area contributed by atoms with Crippen LogP contribution in [0.4, 0.5) is 5.69 Å². The van der Waals surface area contributed by atoms with Crippen LogP contribution in [0.3, 0.4) is 0 Å². The summed E-state index contributed by atoms with van der Waals surface area (Å²) in [4.78, 5) is 17.5. The minimum atomic E-state index is -3.57. The van der Waals surface area contributed by atoms with E-state index in [1.54, 1.807) is 48.8 Å². The fourth-order valence-corrected chi connectivity index (χ4v) is 5.84. The summed E-state index contributed by atoms with van der Waals surface area (Å²) < 4.78 is 32.2. The highest BCUT2D eigenvalue weighted by atomic mass is 32.2. The number of pyridine rings is 1. The standard InChI is InChI=1S/C22H23N5O4S/c1-21(2)20(23)25-22(13-32(21,29)30)8-10-31-18-7-6-14(11-16(18)22)24-19(28)17-12-15-5-3-4-9-27(15)26-17/h3-7,9,11-12H,8,10,13H2,1-2H3,(H2,23,25)(H,24,28). The van der Waals surface area contributed by atoms with Crippen molar-refractivity contribution in [2.75, 3.05) is 17.7 Å². The van der Waals surface area contributed by atoms with Gasteiger partial charge in [-0.15, -0.1) is 0 Å². The third-order valence-corrected chi connectivity index (χ3v) is 8.89. The Labute approximate surface area is 185 Å². The smallest absolute Gasteiger partial charge is 0.276 e. The van der Waals surface area contributed by atoms with Crippen LogP contribution in [0.1, 0.15) is 36.3 Å². The quantitative estimate of drug-likeness (QED) is 0.612. The first-order chi connectivity index (χ1) is 15.1. The minimum Gasteiger partial charge on any atom is -0.493 e. The predicted molar refractivity (Wildman–Crippen MR) is 121 cm³/mol. The topological polar surface area (TPSA) is 128 Å². The summed E-state index contributed by atoms with van der Waals surface area (Å²) >= 11 is 0. The number of amidine groups is 1. The number of benzene rings is 1. The van der Waals surface area contributed by atoms with Crippen LogP contribution in [0, 0.1) is 0 Å². The molecule has 1 amide bonds. The molecule has 166 valence electrons. The highest BCUT2D eigenvalue weighted by Crippen LogP contribution is 2.46. The van der Waals surface area contributed by atoms with E-state index >= 15 is 0 Å². The number of rotatable bonds is 2. The number of nitrogens with one attached hydrogen (secondary N) is 1. The van der Waals surface area contributed by atoms with Crippen molar-refractivity contribution in [3.63, 3.8) is 0 Å². The number of hydrogen-bond acceptors (Lipinski definition) is 7. The van der Waals surface area contributed by atoms with Gasteiger partial charge in [-0.3, -0.25) is 9.79 Å². The molecular weight excluding hydrogens is 430 g/mol. The lowest BCUT2D eigenvalue weighted by Crippen LogP contribution is -2.56. The van der Waals surface area contributed by atoms with Crippen molar-refractivity contribution in [3.8, 4) is 5.75 Å². The van der Waals surface area contributed by atoms with Gasteiger partial charge in [-0.05, 0) is 50.2 Å². The summed E-state index contributed by atoms with van der Waals surface area (Å²) in [6, 6.07) is 12.4. The summed E-state index contributed by atoms with van der Waals surface area (Å²) in [6.07, 6.45) is 2.14. The predicted octanol–water partition coefficient (Wildman–Crippen LogP) is 2.13. The van der Waals surface area contributed by atoms with E-state index in [1.165, 1.54) is 0 Å². The van der Waals surface area contributed by atoms with Gasteiger partial charge in [0.2, 0.25) is 0 Å². The molecule has 0 aliphatic carbocycles. The molecule has 9 nitrogen and oxygen atoms in total. The van der Waals surface area contributed by atoms with Gasteiger partial charge in [0.25, 0.3) is 5.91 Å². The number of nitrogens with zero attached hydrogens (tertiary/aromatic N) is 3. The van der Waals surface area contributed by atoms with Gasteiger partial charge >= 0.3 is 0 Å². The van der Waals surface area contributed by atoms with E-state index < -0.39 is 20.1 Å². The van der Waals surface area contributed by atoms with Crippen molar-refractivity contribution in [2.24, 2.45) is 10.7 Å². The van der Waals surface area contributed by atoms with Crippen LogP contribution in [0.25, 0.3) is 5.52 Å².